The minimum absolute atomic E-state index is 0.330. The predicted molar refractivity (Wildman–Crippen MR) is 80.5 cm³/mol. The van der Waals surface area contributed by atoms with E-state index >= 15 is 0 Å². The summed E-state index contributed by atoms with van der Waals surface area (Å²) < 4.78 is 19.2. The fourth-order valence-electron chi connectivity index (χ4n) is 2.12. The largest absolute Gasteiger partial charge is 0.465 e. The van der Waals surface area contributed by atoms with E-state index in [9.17, 15) is 9.18 Å². The van der Waals surface area contributed by atoms with E-state index in [0.717, 1.165) is 0 Å². The summed E-state index contributed by atoms with van der Waals surface area (Å²) in [6.07, 6.45) is 0. The number of para-hydroxylation sites is 1. The fourth-order valence-corrected chi connectivity index (χ4v) is 2.49. The van der Waals surface area contributed by atoms with Gasteiger partial charge in [-0.1, -0.05) is 12.1 Å². The van der Waals surface area contributed by atoms with Gasteiger partial charge in [-0.15, -0.1) is 0 Å². The smallest absolute Gasteiger partial charge is 0.340 e. The molecule has 0 aliphatic carbocycles. The molecule has 106 valence electrons. The minimum atomic E-state index is -0.478. The molecule has 0 aliphatic rings. The van der Waals surface area contributed by atoms with Crippen molar-refractivity contribution in [3.05, 3.63) is 52.3 Å². The summed E-state index contributed by atoms with van der Waals surface area (Å²) in [6, 6.07) is 10.1. The molecule has 4 nitrogen and oxygen atoms in total. The second-order valence-electron chi connectivity index (χ2n) is 4.38. The Hall–Kier alpha value is -2.21. The van der Waals surface area contributed by atoms with E-state index in [2.05, 4.69) is 25.9 Å². The number of esters is 1. The molecule has 0 fully saturated rings. The van der Waals surface area contributed by atoms with E-state index in [1.807, 2.05) is 0 Å². The number of carbonyl (C=O) groups excluding carboxylic acids is 1. The van der Waals surface area contributed by atoms with Crippen molar-refractivity contribution >= 4 is 32.9 Å². The average molecular weight is 349 g/mol. The molecule has 0 amide bonds. The number of aromatic nitrogens is 2. The summed E-state index contributed by atoms with van der Waals surface area (Å²) in [5.74, 6) is -0.523. The number of methoxy groups -OCH3 is 1. The number of carbonyl (C=O) groups is 1. The third-order valence-corrected chi connectivity index (χ3v) is 3.74. The number of rotatable bonds is 2. The van der Waals surface area contributed by atoms with Gasteiger partial charge in [0.05, 0.1) is 28.2 Å². The van der Waals surface area contributed by atoms with Crippen molar-refractivity contribution in [1.82, 2.24) is 9.97 Å². The van der Waals surface area contributed by atoms with Crippen LogP contribution in [0.3, 0.4) is 0 Å². The van der Waals surface area contributed by atoms with Gasteiger partial charge in [-0.05, 0) is 40.2 Å². The lowest BCUT2D eigenvalue weighted by Crippen LogP contribution is -2.01. The monoisotopic (exact) mass is 348 g/mol. The second kappa shape index (κ2) is 5.29. The lowest BCUT2D eigenvalue weighted by Gasteiger charge is -2.00. The second-order valence-corrected chi connectivity index (χ2v) is 5.23. The van der Waals surface area contributed by atoms with E-state index in [1.165, 1.54) is 7.11 Å². The van der Waals surface area contributed by atoms with Crippen molar-refractivity contribution in [2.24, 2.45) is 0 Å². The van der Waals surface area contributed by atoms with Crippen LogP contribution < -0.4 is 0 Å². The van der Waals surface area contributed by atoms with E-state index in [-0.39, 0.29) is 0 Å². The van der Waals surface area contributed by atoms with Gasteiger partial charge in [-0.3, -0.25) is 0 Å². The quantitative estimate of drug-likeness (QED) is 0.714. The zero-order valence-corrected chi connectivity index (χ0v) is 12.6. The highest BCUT2D eigenvalue weighted by atomic mass is 79.9. The Kier molecular flexibility index (Phi) is 3.47. The first-order chi connectivity index (χ1) is 10.1. The van der Waals surface area contributed by atoms with Gasteiger partial charge in [-0.25, -0.2) is 14.2 Å². The highest BCUT2D eigenvalue weighted by Gasteiger charge is 2.16. The molecule has 2 aromatic carbocycles. The Labute approximate surface area is 128 Å². The highest BCUT2D eigenvalue weighted by molar-refractivity contribution is 9.10. The molecular formula is C15H10BrFN2O2. The molecule has 0 bridgehead atoms. The number of fused-ring (bicyclic) bond motifs is 1. The molecule has 3 aromatic rings. The molecule has 1 heterocycles. The molecule has 21 heavy (non-hydrogen) atoms. The Balaban J connectivity index is 2.22. The summed E-state index contributed by atoms with van der Waals surface area (Å²) in [6.45, 7) is 0. The number of benzene rings is 2. The van der Waals surface area contributed by atoms with Crippen LogP contribution in [0.5, 0.6) is 0 Å². The SMILES string of the molecule is COC(=O)c1cccc2[nH]c(-c3cccc(Br)c3F)nc12. The van der Waals surface area contributed by atoms with Crippen LogP contribution in [-0.4, -0.2) is 23.0 Å². The molecule has 0 radical (unpaired) electrons. The number of ether oxygens (including phenoxy) is 1. The van der Waals surface area contributed by atoms with Crippen molar-refractivity contribution in [3.63, 3.8) is 0 Å². The Bertz CT molecular complexity index is 845. The van der Waals surface area contributed by atoms with Crippen LogP contribution in [0.4, 0.5) is 4.39 Å². The molecule has 0 atom stereocenters. The zero-order valence-electron chi connectivity index (χ0n) is 11.0. The molecule has 0 aliphatic heterocycles. The maximum absolute atomic E-state index is 14.1. The first-order valence-electron chi connectivity index (χ1n) is 6.13. The van der Waals surface area contributed by atoms with Gasteiger partial charge in [0.25, 0.3) is 0 Å². The first kappa shape index (κ1) is 13.8. The lowest BCUT2D eigenvalue weighted by molar-refractivity contribution is 0.0603. The molecule has 3 rings (SSSR count). The number of nitrogens with one attached hydrogen (secondary N) is 1. The first-order valence-corrected chi connectivity index (χ1v) is 6.92. The van der Waals surface area contributed by atoms with Gasteiger partial charge in [0.2, 0.25) is 0 Å². The summed E-state index contributed by atoms with van der Waals surface area (Å²) in [7, 11) is 1.31. The molecule has 1 N–H and O–H groups in total. The van der Waals surface area contributed by atoms with Gasteiger partial charge in [-0.2, -0.15) is 0 Å². The van der Waals surface area contributed by atoms with Crippen LogP contribution in [0.15, 0.2) is 40.9 Å². The summed E-state index contributed by atoms with van der Waals surface area (Å²) in [5.41, 5.74) is 1.77. The van der Waals surface area contributed by atoms with Gasteiger partial charge < -0.3 is 9.72 Å². The summed E-state index contributed by atoms with van der Waals surface area (Å²) in [4.78, 5) is 19.1. The van der Waals surface area contributed by atoms with Crippen LogP contribution in [0.25, 0.3) is 22.4 Å². The zero-order chi connectivity index (χ0) is 15.0. The van der Waals surface area contributed by atoms with Gasteiger partial charge in [0, 0.05) is 0 Å². The van der Waals surface area contributed by atoms with Crippen LogP contribution >= 0.6 is 15.9 Å². The van der Waals surface area contributed by atoms with Gasteiger partial charge in [0.1, 0.15) is 17.2 Å². The van der Waals surface area contributed by atoms with Crippen molar-refractivity contribution in [1.29, 1.82) is 0 Å². The Morgan fingerprint density at radius 2 is 2.05 bits per heavy atom. The molecule has 0 saturated heterocycles. The predicted octanol–water partition coefficient (Wildman–Crippen LogP) is 3.92. The third kappa shape index (κ3) is 2.31. The molecule has 0 saturated carbocycles. The number of imidazole rings is 1. The van der Waals surface area contributed by atoms with Crippen molar-refractivity contribution in [3.8, 4) is 11.4 Å². The maximum Gasteiger partial charge on any atom is 0.340 e. The number of aromatic amines is 1. The van der Waals surface area contributed by atoms with E-state index in [1.54, 1.807) is 36.4 Å². The van der Waals surface area contributed by atoms with Crippen LogP contribution in [0.2, 0.25) is 0 Å². The molecular weight excluding hydrogens is 339 g/mol. The van der Waals surface area contributed by atoms with E-state index in [4.69, 9.17) is 4.74 Å². The normalized spacial score (nSPS) is 10.8. The molecule has 0 unspecified atom stereocenters. The van der Waals surface area contributed by atoms with Crippen molar-refractivity contribution in [2.75, 3.05) is 7.11 Å². The summed E-state index contributed by atoms with van der Waals surface area (Å²) >= 11 is 3.15. The summed E-state index contributed by atoms with van der Waals surface area (Å²) in [5, 5.41) is 0. The Morgan fingerprint density at radius 3 is 2.81 bits per heavy atom. The standard InChI is InChI=1S/C15H10BrFN2O2/c1-21-15(20)9-5-3-7-11-13(9)19-14(18-11)8-4-2-6-10(16)12(8)17/h2-7H,1H3,(H,18,19). The van der Waals surface area contributed by atoms with Crippen LogP contribution in [0, 0.1) is 5.82 Å². The van der Waals surface area contributed by atoms with Crippen molar-refractivity contribution in [2.45, 2.75) is 0 Å². The number of hydrogen-bond donors (Lipinski definition) is 1. The van der Waals surface area contributed by atoms with E-state index in [0.29, 0.717) is 32.5 Å². The topological polar surface area (TPSA) is 55.0 Å². The van der Waals surface area contributed by atoms with Crippen molar-refractivity contribution < 1.29 is 13.9 Å². The number of H-pyrrole nitrogens is 1. The van der Waals surface area contributed by atoms with Crippen LogP contribution in [-0.2, 0) is 4.74 Å². The third-order valence-electron chi connectivity index (χ3n) is 3.12. The van der Waals surface area contributed by atoms with Gasteiger partial charge >= 0.3 is 5.97 Å². The highest BCUT2D eigenvalue weighted by Crippen LogP contribution is 2.28. The molecule has 0 spiro atoms. The van der Waals surface area contributed by atoms with Gasteiger partial charge in [0.15, 0.2) is 0 Å². The van der Waals surface area contributed by atoms with Crippen LogP contribution in [0.1, 0.15) is 10.4 Å². The average Bonchev–Trinajstić information content (AvgIpc) is 2.92. The maximum atomic E-state index is 14.1. The number of hydrogen-bond acceptors (Lipinski definition) is 3. The number of nitrogens with zero attached hydrogens (tertiary/aromatic N) is 1. The minimum Gasteiger partial charge on any atom is -0.465 e. The fraction of sp³-hybridized carbons (Fsp3) is 0.0667. The molecule has 1 aromatic heterocycles. The molecule has 6 heteroatoms. The Morgan fingerprint density at radius 1 is 1.29 bits per heavy atom. The lowest BCUT2D eigenvalue weighted by atomic mass is 10.2. The van der Waals surface area contributed by atoms with E-state index < -0.39 is 11.8 Å². The number of halogens is 2.